The van der Waals surface area contributed by atoms with Gasteiger partial charge in [-0.1, -0.05) is 36.4 Å². The number of fused-ring (bicyclic) bond motifs is 6. The van der Waals surface area contributed by atoms with Gasteiger partial charge in [0.05, 0.1) is 34.8 Å². The minimum absolute atomic E-state index is 0.248. The Hall–Kier alpha value is -5.54. The van der Waals surface area contributed by atoms with E-state index in [1.54, 1.807) is 12.4 Å². The summed E-state index contributed by atoms with van der Waals surface area (Å²) < 4.78 is 12.3. The van der Waals surface area contributed by atoms with Crippen LogP contribution >= 0.6 is 0 Å². The van der Waals surface area contributed by atoms with E-state index in [1.807, 2.05) is 86.5 Å². The quantitative estimate of drug-likeness (QED) is 0.0631. The highest BCUT2D eigenvalue weighted by Crippen LogP contribution is 2.56. The highest BCUT2D eigenvalue weighted by Gasteiger charge is 2.62. The lowest BCUT2D eigenvalue weighted by Crippen LogP contribution is -2.53. The second kappa shape index (κ2) is 17.8. The normalized spacial score (nSPS) is 27.5. The third kappa shape index (κ3) is 8.54. The summed E-state index contributed by atoms with van der Waals surface area (Å²) in [5, 5.41) is 10.2. The van der Waals surface area contributed by atoms with Crippen molar-refractivity contribution in [3.8, 4) is 0 Å². The van der Waals surface area contributed by atoms with Crippen molar-refractivity contribution >= 4 is 57.4 Å². The van der Waals surface area contributed by atoms with Gasteiger partial charge in [0.15, 0.2) is 0 Å². The molecule has 0 aliphatic heterocycles. The molecule has 15 heteroatoms. The lowest BCUT2D eigenvalue weighted by Gasteiger charge is -2.36. The van der Waals surface area contributed by atoms with E-state index in [9.17, 15) is 28.8 Å². The molecule has 10 atom stereocenters. The Kier molecular flexibility index (Phi) is 12.3. The van der Waals surface area contributed by atoms with Crippen LogP contribution in [0.5, 0.6) is 0 Å². The van der Waals surface area contributed by atoms with Gasteiger partial charge >= 0.3 is 11.9 Å². The molecule has 61 heavy (non-hydrogen) atoms. The van der Waals surface area contributed by atoms with E-state index in [1.165, 1.54) is 0 Å². The van der Waals surface area contributed by atoms with Gasteiger partial charge in [-0.25, -0.2) is 9.59 Å². The Bertz CT molecular complexity index is 2140. The number of hydrogen-bond donors (Lipinski definition) is 5. The molecule has 324 valence electrons. The SMILES string of the molecule is CN(C)CCCNC(=O)C1C2CC(OC(=O)c3c[nH]c4ccccc34)C(C2)C1C(=O)NC(=O)C1C2CC(CC2OC(=O)c2c[nH]c3ccccc23)C1C(=O)NCCCN(C)C. The third-order valence-corrected chi connectivity index (χ3v) is 13.6. The molecule has 2 aromatic heterocycles. The Morgan fingerprint density at radius 1 is 0.574 bits per heavy atom. The summed E-state index contributed by atoms with van der Waals surface area (Å²) in [7, 11) is 7.83. The van der Waals surface area contributed by atoms with E-state index >= 15 is 0 Å². The van der Waals surface area contributed by atoms with Crippen LogP contribution in [0.1, 0.15) is 59.2 Å². The number of rotatable bonds is 16. The Balaban J connectivity index is 1.02. The van der Waals surface area contributed by atoms with Crippen LogP contribution in [-0.2, 0) is 28.7 Å². The number of hydrogen-bond acceptors (Lipinski definition) is 10. The number of amides is 4. The number of ether oxygens (including phenoxy) is 2. The summed E-state index contributed by atoms with van der Waals surface area (Å²) in [6.07, 6.45) is 5.15. The summed E-state index contributed by atoms with van der Waals surface area (Å²) in [5.41, 5.74) is 2.35. The van der Waals surface area contributed by atoms with Crippen LogP contribution in [-0.4, -0.2) is 122 Å². The van der Waals surface area contributed by atoms with Crippen LogP contribution in [0, 0.1) is 47.3 Å². The molecule has 4 aliphatic carbocycles. The molecule has 4 saturated carbocycles. The smallest absolute Gasteiger partial charge is 0.340 e. The zero-order valence-corrected chi connectivity index (χ0v) is 35.3. The van der Waals surface area contributed by atoms with Crippen molar-refractivity contribution in [2.45, 2.75) is 50.7 Å². The van der Waals surface area contributed by atoms with E-state index in [2.05, 4.69) is 25.9 Å². The molecular weight excluding hydrogens is 779 g/mol. The van der Waals surface area contributed by atoms with Crippen LogP contribution in [0.4, 0.5) is 0 Å². The van der Waals surface area contributed by atoms with E-state index in [-0.39, 0.29) is 23.7 Å². The number of imide groups is 1. The Morgan fingerprint density at radius 2 is 0.984 bits per heavy atom. The molecular formula is C46H57N7O8. The number of nitrogens with zero attached hydrogens (tertiary/aromatic N) is 2. The predicted molar refractivity (Wildman–Crippen MR) is 227 cm³/mol. The molecule has 4 fully saturated rings. The lowest BCUT2D eigenvalue weighted by molar-refractivity contribution is -0.147. The molecule has 0 spiro atoms. The molecule has 4 aliphatic rings. The molecule has 0 saturated heterocycles. The molecule has 2 aromatic carbocycles. The second-order valence-corrected chi connectivity index (χ2v) is 18.0. The number of aromatic nitrogens is 2. The highest BCUT2D eigenvalue weighted by atomic mass is 16.5. The molecule has 4 aromatic rings. The Morgan fingerprint density at radius 3 is 1.39 bits per heavy atom. The largest absolute Gasteiger partial charge is 0.458 e. The maximum atomic E-state index is 14.6. The summed E-state index contributed by atoms with van der Waals surface area (Å²) >= 11 is 0. The summed E-state index contributed by atoms with van der Waals surface area (Å²) in [5.74, 6) is -7.72. The van der Waals surface area contributed by atoms with E-state index in [0.717, 1.165) is 34.9 Å². The molecule has 0 radical (unpaired) electrons. The molecule has 2 heterocycles. The number of esters is 2. The van der Waals surface area contributed by atoms with Crippen LogP contribution in [0.2, 0.25) is 0 Å². The fourth-order valence-electron chi connectivity index (χ4n) is 11.0. The van der Waals surface area contributed by atoms with Crippen molar-refractivity contribution in [3.63, 3.8) is 0 Å². The van der Waals surface area contributed by atoms with Crippen molar-refractivity contribution in [2.24, 2.45) is 47.3 Å². The minimum atomic E-state index is -0.954. The van der Waals surface area contributed by atoms with E-state index in [4.69, 9.17) is 9.47 Å². The molecule has 4 amide bonds. The number of nitrogens with one attached hydrogen (secondary N) is 5. The molecule has 10 unspecified atom stereocenters. The summed E-state index contributed by atoms with van der Waals surface area (Å²) in [6.45, 7) is 2.39. The summed E-state index contributed by atoms with van der Waals surface area (Å²) in [6, 6.07) is 14.8. The number of para-hydroxylation sites is 2. The number of aromatic amines is 2. The first-order chi connectivity index (χ1) is 29.4. The first-order valence-corrected chi connectivity index (χ1v) is 21.6. The van der Waals surface area contributed by atoms with Gasteiger partial charge in [0, 0.05) is 59.1 Å². The van der Waals surface area contributed by atoms with Crippen molar-refractivity contribution in [1.29, 1.82) is 0 Å². The molecule has 15 nitrogen and oxygen atoms in total. The third-order valence-electron chi connectivity index (χ3n) is 13.6. The van der Waals surface area contributed by atoms with Gasteiger partial charge in [-0.15, -0.1) is 0 Å². The summed E-state index contributed by atoms with van der Waals surface area (Å²) in [4.78, 5) is 94.6. The van der Waals surface area contributed by atoms with Gasteiger partial charge in [-0.2, -0.15) is 0 Å². The van der Waals surface area contributed by atoms with Crippen molar-refractivity contribution in [1.82, 2.24) is 35.7 Å². The Labute approximate surface area is 355 Å². The zero-order chi connectivity index (χ0) is 42.9. The van der Waals surface area contributed by atoms with Gasteiger partial charge in [-0.05, 0) is 104 Å². The molecule has 5 N–H and O–H groups in total. The maximum absolute atomic E-state index is 14.6. The predicted octanol–water partition coefficient (Wildman–Crippen LogP) is 3.72. The van der Waals surface area contributed by atoms with E-state index < -0.39 is 71.5 Å². The second-order valence-electron chi connectivity index (χ2n) is 18.0. The first-order valence-electron chi connectivity index (χ1n) is 21.6. The topological polar surface area (TPSA) is 195 Å². The standard InChI is InChI=1S/C46H57N7O8/c1-52(2)17-9-15-47-41(54)37-25-19-29(35(21-25)60-45(58)31-23-49-33-13-7-5-11-27(31)33)39(37)43(56)51-44(57)40-30-20-26(38(40)42(55)48-16-10-18-53(3)4)22-36(30)61-46(59)32-24-50-34-14-8-6-12-28(32)34/h5-8,11-14,23-26,29-30,35-40,49-50H,9-10,15-22H2,1-4H3,(H,47,54)(H,48,55)(H,51,56,57). The molecule has 8 rings (SSSR count). The number of carbonyl (C=O) groups is 6. The van der Waals surface area contributed by atoms with Crippen LogP contribution in [0.25, 0.3) is 21.8 Å². The van der Waals surface area contributed by atoms with Crippen molar-refractivity contribution < 1.29 is 38.2 Å². The van der Waals surface area contributed by atoms with Crippen LogP contribution in [0.15, 0.2) is 60.9 Å². The van der Waals surface area contributed by atoms with Gasteiger partial charge in [-0.3, -0.25) is 24.5 Å². The number of carbonyl (C=O) groups excluding carboxylic acids is 6. The first kappa shape index (κ1) is 42.2. The average Bonchev–Trinajstić information content (AvgIpc) is 4.10. The monoisotopic (exact) mass is 835 g/mol. The van der Waals surface area contributed by atoms with Gasteiger partial charge in [0.1, 0.15) is 12.2 Å². The maximum Gasteiger partial charge on any atom is 0.340 e. The van der Waals surface area contributed by atoms with Gasteiger partial charge in [0.2, 0.25) is 23.6 Å². The van der Waals surface area contributed by atoms with Gasteiger partial charge in [0.25, 0.3) is 0 Å². The number of H-pyrrole nitrogens is 2. The average molecular weight is 836 g/mol. The van der Waals surface area contributed by atoms with Gasteiger partial charge < -0.3 is 39.9 Å². The van der Waals surface area contributed by atoms with Crippen LogP contribution < -0.4 is 16.0 Å². The lowest BCUT2D eigenvalue weighted by atomic mass is 9.75. The fourth-order valence-corrected chi connectivity index (χ4v) is 11.0. The highest BCUT2D eigenvalue weighted by molar-refractivity contribution is 6.05. The van der Waals surface area contributed by atoms with Crippen molar-refractivity contribution in [2.75, 3.05) is 54.4 Å². The van der Waals surface area contributed by atoms with Crippen LogP contribution in [0.3, 0.4) is 0 Å². The van der Waals surface area contributed by atoms with Crippen molar-refractivity contribution in [3.05, 3.63) is 72.1 Å². The van der Waals surface area contributed by atoms with E-state index in [0.29, 0.717) is 62.7 Å². The molecule has 4 bridgehead atoms. The minimum Gasteiger partial charge on any atom is -0.458 e. The fraction of sp³-hybridized carbons (Fsp3) is 0.522. The number of benzene rings is 2. The zero-order valence-electron chi connectivity index (χ0n) is 35.3.